The molecule has 6 nitrogen and oxygen atoms in total. The van der Waals surface area contributed by atoms with Gasteiger partial charge in [-0.2, -0.15) is 0 Å². The molecule has 1 aliphatic heterocycles. The van der Waals surface area contributed by atoms with E-state index in [-0.39, 0.29) is 24.9 Å². The summed E-state index contributed by atoms with van der Waals surface area (Å²) in [5.41, 5.74) is 0.510. The van der Waals surface area contributed by atoms with Crippen molar-refractivity contribution < 1.29 is 24.2 Å². The van der Waals surface area contributed by atoms with Crippen LogP contribution in [0.25, 0.3) is 0 Å². The molecule has 0 radical (unpaired) electrons. The normalized spacial score (nSPS) is 15.3. The highest BCUT2D eigenvalue weighted by Gasteiger charge is 2.27. The highest BCUT2D eigenvalue weighted by atomic mass is 16.5. The number of amides is 1. The van der Waals surface area contributed by atoms with Gasteiger partial charge in [-0.3, -0.25) is 9.59 Å². The zero-order chi connectivity index (χ0) is 15.9. The lowest BCUT2D eigenvalue weighted by atomic mass is 10.0. The first kappa shape index (κ1) is 16.3. The minimum absolute atomic E-state index is 0.0202. The molecule has 1 aromatic carbocycles. The van der Waals surface area contributed by atoms with Crippen molar-refractivity contribution in [2.45, 2.75) is 25.3 Å². The number of benzene rings is 1. The van der Waals surface area contributed by atoms with Gasteiger partial charge in [-0.1, -0.05) is 6.07 Å². The fourth-order valence-corrected chi connectivity index (χ4v) is 2.58. The fourth-order valence-electron chi connectivity index (χ4n) is 2.58. The number of carbonyl (C=O) groups is 2. The summed E-state index contributed by atoms with van der Waals surface area (Å²) in [4.78, 5) is 25.3. The van der Waals surface area contributed by atoms with E-state index >= 15 is 0 Å². The molecular formula is C16H21NO5. The van der Waals surface area contributed by atoms with Gasteiger partial charge in [0.05, 0.1) is 13.5 Å². The Hall–Kier alpha value is -2.08. The maximum Gasteiger partial charge on any atom is 0.305 e. The lowest BCUT2D eigenvalue weighted by molar-refractivity contribution is -0.137. The van der Waals surface area contributed by atoms with Gasteiger partial charge in [0, 0.05) is 31.4 Å². The van der Waals surface area contributed by atoms with Crippen molar-refractivity contribution in [3.63, 3.8) is 0 Å². The number of hydrogen-bond acceptors (Lipinski definition) is 4. The van der Waals surface area contributed by atoms with E-state index < -0.39 is 5.97 Å². The fraction of sp³-hybridized carbons (Fsp3) is 0.500. The Morgan fingerprint density at radius 2 is 2.09 bits per heavy atom. The second-order valence-corrected chi connectivity index (χ2v) is 5.22. The predicted octanol–water partition coefficient (Wildman–Crippen LogP) is 1.79. The van der Waals surface area contributed by atoms with Crippen molar-refractivity contribution >= 4 is 11.9 Å². The molecule has 1 heterocycles. The van der Waals surface area contributed by atoms with Crippen molar-refractivity contribution in [1.29, 1.82) is 0 Å². The Labute approximate surface area is 129 Å². The molecule has 0 saturated carbocycles. The van der Waals surface area contributed by atoms with Crippen molar-refractivity contribution in [2.75, 3.05) is 26.9 Å². The Bertz CT molecular complexity index is 525. The Morgan fingerprint density at radius 1 is 1.36 bits per heavy atom. The number of nitrogens with zero attached hydrogens (tertiary/aromatic N) is 1. The Kier molecular flexibility index (Phi) is 5.77. The molecule has 1 fully saturated rings. The number of hydrogen-bond donors (Lipinski definition) is 1. The van der Waals surface area contributed by atoms with Crippen molar-refractivity contribution in [3.8, 4) is 5.75 Å². The van der Waals surface area contributed by atoms with Crippen LogP contribution in [0.4, 0.5) is 0 Å². The molecule has 1 amide bonds. The van der Waals surface area contributed by atoms with Crippen molar-refractivity contribution in [2.24, 2.45) is 0 Å². The summed E-state index contributed by atoms with van der Waals surface area (Å²) in [6.07, 6.45) is 1.40. The first-order valence-corrected chi connectivity index (χ1v) is 7.36. The van der Waals surface area contributed by atoms with Crippen LogP contribution >= 0.6 is 0 Å². The average molecular weight is 307 g/mol. The Balaban J connectivity index is 2.17. The van der Waals surface area contributed by atoms with Crippen LogP contribution < -0.4 is 4.74 Å². The highest BCUT2D eigenvalue weighted by molar-refractivity contribution is 5.95. The number of carboxylic acid groups (broad SMARTS) is 1. The summed E-state index contributed by atoms with van der Waals surface area (Å²) in [6, 6.07) is 6.94. The van der Waals surface area contributed by atoms with Gasteiger partial charge < -0.3 is 19.5 Å². The summed E-state index contributed by atoms with van der Waals surface area (Å²) < 4.78 is 10.5. The lowest BCUT2D eigenvalue weighted by Crippen LogP contribution is -2.44. The molecule has 0 spiro atoms. The average Bonchev–Trinajstić information content (AvgIpc) is 2.55. The van der Waals surface area contributed by atoms with E-state index in [9.17, 15) is 9.59 Å². The number of methoxy groups -OCH3 is 1. The van der Waals surface area contributed by atoms with E-state index in [0.29, 0.717) is 24.5 Å². The van der Waals surface area contributed by atoms with E-state index in [1.165, 1.54) is 0 Å². The van der Waals surface area contributed by atoms with Crippen LogP contribution in [0.15, 0.2) is 24.3 Å². The van der Waals surface area contributed by atoms with Gasteiger partial charge in [-0.15, -0.1) is 0 Å². The predicted molar refractivity (Wildman–Crippen MR) is 80.1 cm³/mol. The van der Waals surface area contributed by atoms with E-state index in [4.69, 9.17) is 14.6 Å². The van der Waals surface area contributed by atoms with Crippen LogP contribution in [-0.2, 0) is 9.53 Å². The summed E-state index contributed by atoms with van der Waals surface area (Å²) in [7, 11) is 1.55. The SMILES string of the molecule is COc1cccc(C(=O)N(CCC(=O)O)C2CCOCC2)c1. The van der Waals surface area contributed by atoms with Crippen molar-refractivity contribution in [3.05, 3.63) is 29.8 Å². The number of carboxylic acids is 1. The maximum absolute atomic E-state index is 12.8. The number of carbonyl (C=O) groups excluding carboxylic acids is 1. The molecule has 0 bridgehead atoms. The maximum atomic E-state index is 12.8. The van der Waals surface area contributed by atoms with E-state index in [0.717, 1.165) is 12.8 Å². The zero-order valence-electron chi connectivity index (χ0n) is 12.7. The topological polar surface area (TPSA) is 76.1 Å². The standard InChI is InChI=1S/C16H21NO5/c1-21-14-4-2-3-12(11-14)16(20)17(8-5-15(18)19)13-6-9-22-10-7-13/h2-4,11,13H,5-10H2,1H3,(H,18,19). The van der Waals surface area contributed by atoms with E-state index in [1.807, 2.05) is 0 Å². The van der Waals surface area contributed by atoms with Gasteiger partial charge in [0.2, 0.25) is 0 Å². The largest absolute Gasteiger partial charge is 0.497 e. The molecule has 1 N–H and O–H groups in total. The quantitative estimate of drug-likeness (QED) is 0.867. The molecule has 1 aromatic rings. The summed E-state index contributed by atoms with van der Waals surface area (Å²) in [6.45, 7) is 1.40. The summed E-state index contributed by atoms with van der Waals surface area (Å²) >= 11 is 0. The van der Waals surface area contributed by atoms with Crippen LogP contribution in [0.2, 0.25) is 0 Å². The first-order chi connectivity index (χ1) is 10.6. The van der Waals surface area contributed by atoms with E-state index in [2.05, 4.69) is 0 Å². The van der Waals surface area contributed by atoms with Gasteiger partial charge in [-0.05, 0) is 31.0 Å². The van der Waals surface area contributed by atoms with Gasteiger partial charge in [0.25, 0.3) is 5.91 Å². The molecule has 0 aliphatic carbocycles. The van der Waals surface area contributed by atoms with Crippen LogP contribution in [0.5, 0.6) is 5.75 Å². The molecule has 0 aromatic heterocycles. The molecule has 1 aliphatic rings. The molecule has 6 heteroatoms. The van der Waals surface area contributed by atoms with Crippen LogP contribution in [0.3, 0.4) is 0 Å². The monoisotopic (exact) mass is 307 g/mol. The summed E-state index contributed by atoms with van der Waals surface area (Å²) in [5.74, 6) is -0.460. The zero-order valence-corrected chi connectivity index (χ0v) is 12.7. The van der Waals surface area contributed by atoms with Crippen LogP contribution in [-0.4, -0.2) is 54.8 Å². The third-order valence-corrected chi connectivity index (χ3v) is 3.78. The molecule has 120 valence electrons. The molecule has 0 unspecified atom stereocenters. The highest BCUT2D eigenvalue weighted by Crippen LogP contribution is 2.20. The number of aliphatic carboxylic acids is 1. The third kappa shape index (κ3) is 4.21. The molecular weight excluding hydrogens is 286 g/mol. The van der Waals surface area contributed by atoms with Gasteiger partial charge in [0.1, 0.15) is 5.75 Å². The summed E-state index contributed by atoms with van der Waals surface area (Å²) in [5, 5.41) is 8.91. The van der Waals surface area contributed by atoms with Gasteiger partial charge >= 0.3 is 5.97 Å². The molecule has 1 saturated heterocycles. The van der Waals surface area contributed by atoms with Crippen molar-refractivity contribution in [1.82, 2.24) is 4.90 Å². The van der Waals surface area contributed by atoms with Gasteiger partial charge in [-0.25, -0.2) is 0 Å². The third-order valence-electron chi connectivity index (χ3n) is 3.78. The van der Waals surface area contributed by atoms with Gasteiger partial charge in [0.15, 0.2) is 0 Å². The minimum atomic E-state index is -0.907. The van der Waals surface area contributed by atoms with E-state index in [1.54, 1.807) is 36.3 Å². The second kappa shape index (κ2) is 7.79. The van der Waals surface area contributed by atoms with Crippen LogP contribution in [0.1, 0.15) is 29.6 Å². The molecule has 0 atom stereocenters. The minimum Gasteiger partial charge on any atom is -0.497 e. The smallest absolute Gasteiger partial charge is 0.305 e. The lowest BCUT2D eigenvalue weighted by Gasteiger charge is -2.34. The number of rotatable bonds is 6. The second-order valence-electron chi connectivity index (χ2n) is 5.22. The van der Waals surface area contributed by atoms with Crippen LogP contribution in [0, 0.1) is 0 Å². The molecule has 2 rings (SSSR count). The number of ether oxygens (including phenoxy) is 2. The Morgan fingerprint density at radius 3 is 2.73 bits per heavy atom. The first-order valence-electron chi connectivity index (χ1n) is 7.36. The molecule has 22 heavy (non-hydrogen) atoms.